The van der Waals surface area contributed by atoms with E-state index in [0.29, 0.717) is 0 Å². The Hall–Kier alpha value is -1.81. The van der Waals surface area contributed by atoms with Crippen LogP contribution in [0.4, 0.5) is 0 Å². The van der Waals surface area contributed by atoms with Crippen LogP contribution in [0.2, 0.25) is 39.3 Å². The van der Waals surface area contributed by atoms with E-state index in [4.69, 9.17) is 17.2 Å². The third kappa shape index (κ3) is 6.18. The van der Waals surface area contributed by atoms with Crippen LogP contribution in [0.15, 0.2) is 91.0 Å². The second kappa shape index (κ2) is 12.6. The molecule has 3 unspecified atom stereocenters. The fourth-order valence-corrected chi connectivity index (χ4v) is 16.2. The van der Waals surface area contributed by atoms with Gasteiger partial charge < -0.3 is 17.2 Å². The molecule has 4 atom stereocenters. The maximum atomic E-state index is 7.79. The minimum absolute atomic E-state index is 0.169. The highest BCUT2D eigenvalue weighted by Crippen LogP contribution is 2.42. The summed E-state index contributed by atoms with van der Waals surface area (Å²) in [5, 5.41) is 3.47. The highest BCUT2D eigenvalue weighted by molar-refractivity contribution is 6.94. The van der Waals surface area contributed by atoms with Gasteiger partial charge in [0.1, 0.15) is 16.1 Å². The van der Waals surface area contributed by atoms with Crippen LogP contribution in [0.25, 0.3) is 0 Å². The third-order valence-corrected chi connectivity index (χ3v) is 24.5. The lowest BCUT2D eigenvalue weighted by Gasteiger charge is -2.57. The second-order valence-electron chi connectivity index (χ2n) is 13.8. The van der Waals surface area contributed by atoms with E-state index in [1.807, 2.05) is 0 Å². The molecule has 0 saturated carbocycles. The van der Waals surface area contributed by atoms with E-state index < -0.39 is 29.4 Å². The summed E-state index contributed by atoms with van der Waals surface area (Å²) in [6, 6.07) is 32.9. The van der Waals surface area contributed by atoms with Crippen molar-refractivity contribution >= 4 is 39.8 Å². The number of hydrogen-bond acceptors (Lipinski definition) is 3. The fraction of sp³-hybridized carbons (Fsp3) is 0.471. The van der Waals surface area contributed by atoms with E-state index in [0.717, 1.165) is 25.7 Å². The predicted octanol–water partition coefficient (Wildman–Crippen LogP) is 5.39. The van der Waals surface area contributed by atoms with Crippen molar-refractivity contribution in [1.82, 2.24) is 0 Å². The average Bonchev–Trinajstić information content (AvgIpc) is 2.95. The van der Waals surface area contributed by atoms with Gasteiger partial charge in [0.05, 0.1) is 8.07 Å². The normalized spacial score (nSPS) is 17.5. The summed E-state index contributed by atoms with van der Waals surface area (Å²) in [7, 11) is -6.10. The molecule has 3 aromatic carbocycles. The van der Waals surface area contributed by atoms with Crippen LogP contribution in [-0.2, 0) is 0 Å². The smallest absolute Gasteiger partial charge is 0.102 e. The number of hydrogen-bond donors (Lipinski definition) is 3. The first-order valence-electron chi connectivity index (χ1n) is 15.1. The lowest BCUT2D eigenvalue weighted by molar-refractivity contribution is 0.247. The fourth-order valence-electron chi connectivity index (χ4n) is 6.93. The molecule has 3 aromatic rings. The Morgan fingerprint density at radius 3 is 1.45 bits per heavy atom. The van der Waals surface area contributed by atoms with Gasteiger partial charge in [-0.3, -0.25) is 0 Å². The Labute approximate surface area is 248 Å². The van der Waals surface area contributed by atoms with Crippen LogP contribution < -0.4 is 32.8 Å². The lowest BCUT2D eigenvalue weighted by atomic mass is 9.85. The zero-order chi connectivity index (χ0) is 29.8. The molecular formula is C34H55N3Si3. The Bertz CT molecular complexity index is 1200. The highest BCUT2D eigenvalue weighted by atomic mass is 28.3. The first-order valence-corrected chi connectivity index (χ1v) is 24.2. The molecule has 0 saturated heterocycles. The molecule has 0 aliphatic carbocycles. The Kier molecular flexibility index (Phi) is 10.3. The van der Waals surface area contributed by atoms with E-state index in [-0.39, 0.29) is 16.7 Å². The number of rotatable bonds is 13. The monoisotopic (exact) mass is 589 g/mol. The van der Waals surface area contributed by atoms with Gasteiger partial charge in [-0.1, -0.05) is 159 Å². The van der Waals surface area contributed by atoms with Crippen molar-refractivity contribution < 1.29 is 0 Å². The largest absolute Gasteiger partial charge is 0.330 e. The topological polar surface area (TPSA) is 78.1 Å². The third-order valence-electron chi connectivity index (χ3n) is 10.9. The van der Waals surface area contributed by atoms with Crippen LogP contribution in [-0.4, -0.2) is 40.2 Å². The Balaban J connectivity index is 2.01. The van der Waals surface area contributed by atoms with Crippen molar-refractivity contribution in [2.24, 2.45) is 23.1 Å². The molecule has 6 N–H and O–H groups in total. The first kappa shape index (κ1) is 32.7. The molecule has 0 fully saturated rings. The van der Waals surface area contributed by atoms with Crippen molar-refractivity contribution in [1.29, 1.82) is 0 Å². The van der Waals surface area contributed by atoms with Gasteiger partial charge in [0.15, 0.2) is 0 Å². The molecule has 6 heteroatoms. The minimum Gasteiger partial charge on any atom is -0.330 e. The molecule has 0 aliphatic heterocycles. The number of benzene rings is 3. The molecular weight excluding hydrogens is 535 g/mol. The van der Waals surface area contributed by atoms with Crippen LogP contribution in [0.5, 0.6) is 0 Å². The van der Waals surface area contributed by atoms with E-state index in [1.165, 1.54) is 15.6 Å². The molecule has 40 heavy (non-hydrogen) atoms. The Morgan fingerprint density at radius 1 is 0.625 bits per heavy atom. The minimum atomic E-state index is -2.15. The molecule has 0 radical (unpaired) electrons. The van der Waals surface area contributed by atoms with E-state index >= 15 is 0 Å². The molecule has 3 rings (SSSR count). The highest BCUT2D eigenvalue weighted by Gasteiger charge is 2.58. The molecule has 0 bridgehead atoms. The van der Waals surface area contributed by atoms with E-state index in [2.05, 4.69) is 144 Å². The summed E-state index contributed by atoms with van der Waals surface area (Å²) in [6.45, 7) is 19.2. The zero-order valence-corrected chi connectivity index (χ0v) is 29.4. The quantitative estimate of drug-likeness (QED) is 0.234. The van der Waals surface area contributed by atoms with Gasteiger partial charge in [0, 0.05) is 16.0 Å². The standard InChI is InChI=1S/C34H55N3Si3/c1-9-34(37,40(7,8)30-24-17-12-18-25-30)31(33(2,36)39(5,6)29-22-15-11-16-23-29)26-19-27-32(35)38(3,4)28-20-13-10-14-21-28/h10-18,20-25,31-32H,9,19,26-27,35-37H2,1-8H3/t31?,32-,33?,34?/m1/s1. The first-order chi connectivity index (χ1) is 18.6. The van der Waals surface area contributed by atoms with Crippen LogP contribution >= 0.6 is 0 Å². The summed E-state index contributed by atoms with van der Waals surface area (Å²) < 4.78 is 0. The summed E-state index contributed by atoms with van der Waals surface area (Å²) in [4.78, 5) is 0. The van der Waals surface area contributed by atoms with E-state index in [1.54, 1.807) is 0 Å². The average molecular weight is 590 g/mol. The molecule has 0 heterocycles. The van der Waals surface area contributed by atoms with Gasteiger partial charge in [0.2, 0.25) is 0 Å². The van der Waals surface area contributed by atoms with E-state index in [9.17, 15) is 0 Å². The van der Waals surface area contributed by atoms with Crippen molar-refractivity contribution in [2.45, 2.75) is 94.8 Å². The van der Waals surface area contributed by atoms with Crippen LogP contribution in [0.3, 0.4) is 0 Å². The second-order valence-corrected chi connectivity index (χ2v) is 28.3. The molecule has 0 amide bonds. The van der Waals surface area contributed by atoms with Gasteiger partial charge >= 0.3 is 0 Å². The number of nitrogens with two attached hydrogens (primary N) is 3. The predicted molar refractivity (Wildman–Crippen MR) is 186 cm³/mol. The van der Waals surface area contributed by atoms with Crippen molar-refractivity contribution in [3.63, 3.8) is 0 Å². The van der Waals surface area contributed by atoms with Gasteiger partial charge in [-0.25, -0.2) is 0 Å². The molecule has 0 spiro atoms. The van der Waals surface area contributed by atoms with Crippen LogP contribution in [0, 0.1) is 5.92 Å². The van der Waals surface area contributed by atoms with Crippen molar-refractivity contribution in [3.8, 4) is 0 Å². The van der Waals surface area contributed by atoms with Crippen molar-refractivity contribution in [2.75, 3.05) is 0 Å². The maximum Gasteiger partial charge on any atom is 0.102 e. The Morgan fingerprint density at radius 2 is 1.02 bits per heavy atom. The summed E-state index contributed by atoms with van der Waals surface area (Å²) in [6.07, 6.45) is 3.95. The van der Waals surface area contributed by atoms with Gasteiger partial charge in [-0.15, -0.1) is 0 Å². The lowest BCUT2D eigenvalue weighted by Crippen LogP contribution is -2.80. The van der Waals surface area contributed by atoms with Crippen LogP contribution in [0.1, 0.15) is 39.5 Å². The molecule has 0 aromatic heterocycles. The van der Waals surface area contributed by atoms with Gasteiger partial charge in [-0.05, 0) is 32.1 Å². The molecule has 3 nitrogen and oxygen atoms in total. The molecule has 218 valence electrons. The zero-order valence-electron chi connectivity index (χ0n) is 26.4. The van der Waals surface area contributed by atoms with Gasteiger partial charge in [0.25, 0.3) is 0 Å². The summed E-state index contributed by atoms with van der Waals surface area (Å²) in [5.41, 5.74) is 22.6. The summed E-state index contributed by atoms with van der Waals surface area (Å²) in [5.74, 6) is 0.169. The maximum absolute atomic E-state index is 7.79. The SMILES string of the molecule is CCC(N)(C(CCC[C@H](N)[Si](C)(C)c1ccccc1)C(C)(N)[Si](C)(C)c1ccccc1)[Si](C)(C)c1ccccc1. The van der Waals surface area contributed by atoms with Crippen molar-refractivity contribution in [3.05, 3.63) is 91.0 Å². The summed E-state index contributed by atoms with van der Waals surface area (Å²) >= 11 is 0. The molecule has 0 aliphatic rings. The van der Waals surface area contributed by atoms with Gasteiger partial charge in [-0.2, -0.15) is 0 Å².